The summed E-state index contributed by atoms with van der Waals surface area (Å²) in [5.74, 6) is -1.34. The Kier molecular flexibility index (Phi) is 12.5. The van der Waals surface area contributed by atoms with Gasteiger partial charge >= 0.3 is 21.5 Å². The number of nitrogens with zero attached hydrogens (tertiary/aromatic N) is 2. The van der Waals surface area contributed by atoms with E-state index in [-0.39, 0.29) is 30.7 Å². The number of fused-ring (bicyclic) bond motifs is 2. The lowest BCUT2D eigenvalue weighted by Gasteiger charge is -2.31. The zero-order valence-electron chi connectivity index (χ0n) is 28.4. The van der Waals surface area contributed by atoms with Crippen molar-refractivity contribution in [2.24, 2.45) is 5.41 Å². The van der Waals surface area contributed by atoms with Crippen LogP contribution in [0.1, 0.15) is 50.1 Å². The molecule has 2 heterocycles. The maximum Gasteiger partial charge on any atom is 0.511 e. The van der Waals surface area contributed by atoms with E-state index in [1.807, 2.05) is 60.7 Å². The van der Waals surface area contributed by atoms with Crippen LogP contribution in [0.25, 0.3) is 16.3 Å². The first-order valence-electron chi connectivity index (χ1n) is 16.4. The molecule has 0 saturated heterocycles. The second-order valence-corrected chi connectivity index (χ2v) is 17.2. The van der Waals surface area contributed by atoms with Crippen molar-refractivity contribution in [2.75, 3.05) is 24.5 Å². The van der Waals surface area contributed by atoms with Gasteiger partial charge in [0, 0.05) is 41.9 Å². The van der Waals surface area contributed by atoms with Crippen LogP contribution in [0.3, 0.4) is 0 Å². The fourth-order valence-electron chi connectivity index (χ4n) is 6.05. The summed E-state index contributed by atoms with van der Waals surface area (Å²) in [4.78, 5) is 26.3. The van der Waals surface area contributed by atoms with E-state index >= 15 is 0 Å². The lowest BCUT2D eigenvalue weighted by molar-refractivity contribution is -0.666. The number of nitrogens with one attached hydrogen (secondary N) is 2. The van der Waals surface area contributed by atoms with E-state index in [4.69, 9.17) is 17.3 Å². The molecule has 3 N–H and O–H groups in total. The summed E-state index contributed by atoms with van der Waals surface area (Å²) in [7, 11) is -5.45. The van der Waals surface area contributed by atoms with Crippen LogP contribution in [-0.4, -0.2) is 55.9 Å². The van der Waals surface area contributed by atoms with Crippen LogP contribution in [0.4, 0.5) is 18.9 Å². The number of allylic oxidation sites excluding steroid dienone is 6. The molecule has 52 heavy (non-hydrogen) atoms. The Labute approximate surface area is 314 Å². The van der Waals surface area contributed by atoms with Crippen LogP contribution in [-0.2, 0) is 26.2 Å². The largest absolute Gasteiger partial charge is 0.511 e. The zero-order chi connectivity index (χ0) is 37.7. The normalized spacial score (nSPS) is 17.6. The van der Waals surface area contributed by atoms with Gasteiger partial charge in [-0.15, -0.1) is 0 Å². The molecule has 0 spiro atoms. The molecule has 0 bridgehead atoms. The van der Waals surface area contributed by atoms with E-state index in [1.165, 1.54) is 11.3 Å². The maximum absolute atomic E-state index is 12.9. The average Bonchev–Trinajstić information content (AvgIpc) is 3.59. The van der Waals surface area contributed by atoms with Crippen molar-refractivity contribution in [1.82, 2.24) is 10.0 Å². The smallest absolute Gasteiger partial charge is 0.481 e. The van der Waals surface area contributed by atoms with Gasteiger partial charge in [-0.2, -0.15) is 17.7 Å². The molecule has 0 saturated carbocycles. The van der Waals surface area contributed by atoms with E-state index in [0.29, 0.717) is 13.1 Å². The van der Waals surface area contributed by atoms with Crippen molar-refractivity contribution in [3.63, 3.8) is 0 Å². The van der Waals surface area contributed by atoms with Gasteiger partial charge in [0.25, 0.3) is 5.01 Å². The predicted octanol–water partition coefficient (Wildman–Crippen LogP) is 7.10. The molecule has 0 radical (unpaired) electrons. The highest BCUT2D eigenvalue weighted by Gasteiger charge is 2.45. The van der Waals surface area contributed by atoms with Crippen LogP contribution < -0.4 is 19.5 Å². The number of alkyl halides is 3. The molecule has 1 aliphatic heterocycles. The number of hydrogen-bond acceptors (Lipinski definition) is 8. The van der Waals surface area contributed by atoms with Crippen LogP contribution >= 0.6 is 35.3 Å². The third-order valence-corrected chi connectivity index (χ3v) is 12.0. The van der Waals surface area contributed by atoms with Crippen LogP contribution in [0.15, 0.2) is 87.8 Å². The molecule has 1 aliphatic carbocycles. The monoisotopic (exact) mass is 791 g/mol. The van der Waals surface area contributed by atoms with Gasteiger partial charge in [-0.3, -0.25) is 9.59 Å². The highest BCUT2D eigenvalue weighted by atomic mass is 32.2. The number of halogens is 3. The molecule has 1 amide bonds. The quantitative estimate of drug-likeness (QED) is 0.117. The second kappa shape index (κ2) is 16.5. The van der Waals surface area contributed by atoms with Gasteiger partial charge < -0.3 is 15.3 Å². The maximum atomic E-state index is 12.9. The molecule has 0 fully saturated rings. The van der Waals surface area contributed by atoms with Gasteiger partial charge in [0.05, 0.1) is 23.7 Å². The summed E-state index contributed by atoms with van der Waals surface area (Å²) in [5, 5.41) is 15.1. The number of aromatic nitrogens is 1. The highest BCUT2D eigenvalue weighted by Crippen LogP contribution is 2.48. The Morgan fingerprint density at radius 3 is 2.62 bits per heavy atom. The van der Waals surface area contributed by atoms with E-state index < -0.39 is 28.0 Å². The standard InChI is InChI=1S/C36H37F3N4O5S4/c1-35(2)21-24(6-5-9-32-42(27-7-3-4-8-29(27)50-32)17-15-41-52(47,48)36(37,38)39)18-26(22-35)20-33-43(16-14-40-31(44)12-13-34(45)46)28-19-25(23-49)10-11-30(28)51-33/h3-11,18-20,23,41H,12-17,21-22H2,1-2H3,(H-,40,44,45,46)/p+1. The van der Waals surface area contributed by atoms with Crippen molar-refractivity contribution < 1.29 is 40.9 Å². The van der Waals surface area contributed by atoms with Crippen molar-refractivity contribution in [1.29, 1.82) is 0 Å². The average molecular weight is 792 g/mol. The zero-order valence-corrected chi connectivity index (χ0v) is 31.7. The van der Waals surface area contributed by atoms with E-state index in [9.17, 15) is 31.2 Å². The van der Waals surface area contributed by atoms with Gasteiger partial charge in [-0.25, -0.2) is 13.1 Å². The molecular weight excluding hydrogens is 754 g/mol. The first-order chi connectivity index (χ1) is 24.5. The highest BCUT2D eigenvalue weighted by molar-refractivity contribution is 8.03. The topological polar surface area (TPSA) is 120 Å². The number of hydrogen-bond donors (Lipinski definition) is 3. The van der Waals surface area contributed by atoms with Crippen molar-refractivity contribution in [3.05, 3.63) is 93.5 Å². The summed E-state index contributed by atoms with van der Waals surface area (Å²) in [5.41, 5.74) is -0.576. The molecule has 16 heteroatoms. The van der Waals surface area contributed by atoms with Crippen molar-refractivity contribution >= 4 is 84.6 Å². The number of rotatable bonds is 14. The van der Waals surface area contributed by atoms with E-state index in [0.717, 1.165) is 60.4 Å². The number of aliphatic carboxylic acids is 1. The number of benzene rings is 2. The molecule has 276 valence electrons. The molecule has 5 rings (SSSR count). The summed E-state index contributed by atoms with van der Waals surface area (Å²) in [6.45, 7) is 4.78. The summed E-state index contributed by atoms with van der Waals surface area (Å²) in [6, 6.07) is 13.5. The molecule has 1 aromatic heterocycles. The molecule has 2 aliphatic rings. The third-order valence-electron chi connectivity index (χ3n) is 8.28. The molecule has 0 unspecified atom stereocenters. The summed E-state index contributed by atoms with van der Waals surface area (Å²) in [6.07, 6.45) is 11.4. The third kappa shape index (κ3) is 9.98. The predicted molar refractivity (Wildman–Crippen MR) is 204 cm³/mol. The number of thiocarbonyl (C=S) groups is 1. The minimum Gasteiger partial charge on any atom is -0.481 e. The molecular formula is C36H38F3N4O5S4+. The van der Waals surface area contributed by atoms with Gasteiger partial charge in [-0.1, -0.05) is 85.6 Å². The number of thiazole rings is 1. The molecule has 2 aromatic carbocycles. The lowest BCUT2D eigenvalue weighted by Crippen LogP contribution is -2.44. The second-order valence-electron chi connectivity index (χ2n) is 13.1. The van der Waals surface area contributed by atoms with Crippen molar-refractivity contribution in [2.45, 2.75) is 56.5 Å². The number of anilines is 1. The van der Waals surface area contributed by atoms with Gasteiger partial charge in [0.15, 0.2) is 6.54 Å². The Morgan fingerprint density at radius 2 is 1.88 bits per heavy atom. The van der Waals surface area contributed by atoms with Gasteiger partial charge in [0.1, 0.15) is 4.70 Å². The Hall–Kier alpha value is -3.83. The molecule has 3 aromatic rings. The number of sulfonamides is 1. The number of carbonyl (C=O) groups is 2. The number of para-hydroxylation sites is 1. The fraction of sp³-hybridized carbons (Fsp3) is 0.333. The lowest BCUT2D eigenvalue weighted by atomic mass is 9.75. The van der Waals surface area contributed by atoms with Crippen LogP contribution in [0.2, 0.25) is 0 Å². The van der Waals surface area contributed by atoms with E-state index in [1.54, 1.807) is 26.4 Å². The first-order valence-corrected chi connectivity index (χ1v) is 19.9. The number of carboxylic acid groups (broad SMARTS) is 1. The number of carboxylic acids is 1. The van der Waals surface area contributed by atoms with Crippen molar-refractivity contribution in [3.8, 4) is 0 Å². The first kappa shape index (κ1) is 39.4. The van der Waals surface area contributed by atoms with Crippen LogP contribution in [0, 0.1) is 5.41 Å². The van der Waals surface area contributed by atoms with Gasteiger partial charge in [0.2, 0.25) is 11.4 Å². The number of carbonyl (C=O) groups excluding carboxylic acids is 1. The van der Waals surface area contributed by atoms with E-state index in [2.05, 4.69) is 36.2 Å². The Bertz CT molecular complexity index is 2100. The summed E-state index contributed by atoms with van der Waals surface area (Å²) >= 11 is 8.26. The van der Waals surface area contributed by atoms with Crippen LogP contribution in [0.5, 0.6) is 0 Å². The molecule has 9 nitrogen and oxygen atoms in total. The minimum atomic E-state index is -5.45. The Morgan fingerprint density at radius 1 is 1.12 bits per heavy atom. The fourth-order valence-corrected chi connectivity index (χ4v) is 8.96. The molecule has 0 atom stereocenters. The van der Waals surface area contributed by atoms with Gasteiger partial charge in [-0.05, 0) is 59.2 Å². The number of thioether (sulfide) groups is 1. The SMILES string of the molecule is CC1(C)CC(/C=C2\Sc3ccc(C=S)cc3N2CCNC(=O)CCC(=O)O)=CC(=C/C=C/c2sc3ccccc3[n+]2CCNS(=O)(=O)C(F)(F)F)/C1. The number of amides is 1. The summed E-state index contributed by atoms with van der Waals surface area (Å²) < 4.78 is 66.1. The minimum absolute atomic E-state index is 0.00869. The Balaban J connectivity index is 1.38.